The molecule has 1 aromatic carbocycles. The first-order valence-electron chi connectivity index (χ1n) is 6.32. The number of aromatic amines is 1. The lowest BCUT2D eigenvalue weighted by molar-refractivity contribution is 0.0937. The summed E-state index contributed by atoms with van der Waals surface area (Å²) in [4.78, 5) is 24.4. The van der Waals surface area contributed by atoms with Crippen molar-refractivity contribution in [3.05, 3.63) is 51.4 Å². The average Bonchev–Trinajstić information content (AvgIpc) is 2.73. The van der Waals surface area contributed by atoms with Gasteiger partial charge in [0, 0.05) is 11.6 Å². The highest BCUT2D eigenvalue weighted by Gasteiger charge is 2.21. The minimum Gasteiger partial charge on any atom is -0.295 e. The molecule has 1 aromatic heterocycles. The number of carbonyl (C=O) groups is 1. The van der Waals surface area contributed by atoms with Crippen LogP contribution in [0.25, 0.3) is 5.69 Å². The molecule has 20 heavy (non-hydrogen) atoms. The topological polar surface area (TPSA) is 78.7 Å². The minimum atomic E-state index is -0.356. The van der Waals surface area contributed by atoms with Crippen LogP contribution in [0, 0.1) is 24.2 Å². The average molecular weight is 269 g/mol. The number of benzene rings is 1. The Morgan fingerprint density at radius 2 is 1.90 bits per heavy atom. The number of hydrogen-bond acceptors (Lipinski definition) is 3. The molecular formula is C15H15N3O2. The van der Waals surface area contributed by atoms with E-state index in [0.717, 1.165) is 0 Å². The van der Waals surface area contributed by atoms with E-state index in [0.29, 0.717) is 16.9 Å². The predicted molar refractivity (Wildman–Crippen MR) is 75.0 cm³/mol. The lowest BCUT2D eigenvalue weighted by Gasteiger charge is -2.01. The van der Waals surface area contributed by atoms with E-state index in [4.69, 9.17) is 5.26 Å². The predicted octanol–water partition coefficient (Wildman–Crippen LogP) is 2.18. The zero-order chi connectivity index (χ0) is 14.9. The second-order valence-corrected chi connectivity index (χ2v) is 4.93. The van der Waals surface area contributed by atoms with Gasteiger partial charge in [0.2, 0.25) is 0 Å². The van der Waals surface area contributed by atoms with Crippen LogP contribution in [-0.2, 0) is 0 Å². The van der Waals surface area contributed by atoms with Gasteiger partial charge < -0.3 is 0 Å². The summed E-state index contributed by atoms with van der Waals surface area (Å²) in [6.45, 7) is 5.23. The monoisotopic (exact) mass is 269 g/mol. The quantitative estimate of drug-likeness (QED) is 0.867. The van der Waals surface area contributed by atoms with Crippen LogP contribution in [0.5, 0.6) is 0 Å². The summed E-state index contributed by atoms with van der Waals surface area (Å²) in [6.07, 6.45) is 0. The SMILES string of the molecule is Cc1[nH]n(-c2ccc(C#N)cc2)c(=O)c1C(=O)C(C)C. The Kier molecular flexibility index (Phi) is 3.57. The molecule has 2 aromatic rings. The summed E-state index contributed by atoms with van der Waals surface area (Å²) >= 11 is 0. The van der Waals surface area contributed by atoms with Crippen LogP contribution in [0.15, 0.2) is 29.1 Å². The van der Waals surface area contributed by atoms with E-state index in [1.54, 1.807) is 45.0 Å². The molecule has 1 heterocycles. The zero-order valence-corrected chi connectivity index (χ0v) is 11.6. The van der Waals surface area contributed by atoms with Crippen molar-refractivity contribution in [2.24, 2.45) is 5.92 Å². The van der Waals surface area contributed by atoms with Crippen molar-refractivity contribution >= 4 is 5.78 Å². The van der Waals surface area contributed by atoms with E-state index in [1.807, 2.05) is 6.07 Å². The summed E-state index contributed by atoms with van der Waals surface area (Å²) in [6, 6.07) is 8.60. The van der Waals surface area contributed by atoms with E-state index in [-0.39, 0.29) is 22.8 Å². The third-order valence-electron chi connectivity index (χ3n) is 3.10. The van der Waals surface area contributed by atoms with Crippen LogP contribution in [0.3, 0.4) is 0 Å². The van der Waals surface area contributed by atoms with Crippen LogP contribution >= 0.6 is 0 Å². The van der Waals surface area contributed by atoms with Gasteiger partial charge in [-0.2, -0.15) is 5.26 Å². The number of nitriles is 1. The van der Waals surface area contributed by atoms with Crippen molar-refractivity contribution in [3.63, 3.8) is 0 Å². The lowest BCUT2D eigenvalue weighted by Crippen LogP contribution is -2.22. The Labute approximate surface area is 116 Å². The minimum absolute atomic E-state index is 0.170. The normalized spacial score (nSPS) is 10.6. The van der Waals surface area contributed by atoms with Gasteiger partial charge in [0.1, 0.15) is 5.56 Å². The number of nitrogens with zero attached hydrogens (tertiary/aromatic N) is 2. The van der Waals surface area contributed by atoms with Crippen LogP contribution in [0.1, 0.15) is 35.5 Å². The van der Waals surface area contributed by atoms with Crippen LogP contribution in [0.2, 0.25) is 0 Å². The third kappa shape index (κ3) is 2.28. The van der Waals surface area contributed by atoms with Crippen molar-refractivity contribution in [1.29, 1.82) is 5.26 Å². The highest BCUT2D eigenvalue weighted by molar-refractivity contribution is 5.98. The molecule has 0 bridgehead atoms. The first kappa shape index (κ1) is 13.8. The smallest absolute Gasteiger partial charge is 0.282 e. The number of carbonyl (C=O) groups excluding carboxylic acids is 1. The zero-order valence-electron chi connectivity index (χ0n) is 11.6. The molecule has 0 saturated carbocycles. The molecule has 0 spiro atoms. The van der Waals surface area contributed by atoms with Gasteiger partial charge in [-0.3, -0.25) is 14.7 Å². The molecular weight excluding hydrogens is 254 g/mol. The number of nitrogens with one attached hydrogen (secondary N) is 1. The van der Waals surface area contributed by atoms with Crippen LogP contribution in [-0.4, -0.2) is 15.6 Å². The highest BCUT2D eigenvalue weighted by atomic mass is 16.2. The molecule has 0 atom stereocenters. The largest absolute Gasteiger partial charge is 0.295 e. The second-order valence-electron chi connectivity index (χ2n) is 4.93. The summed E-state index contributed by atoms with van der Waals surface area (Å²) in [5.41, 5.74) is 1.51. The van der Waals surface area contributed by atoms with Gasteiger partial charge in [-0.1, -0.05) is 13.8 Å². The molecule has 0 amide bonds. The van der Waals surface area contributed by atoms with Gasteiger partial charge >= 0.3 is 0 Å². The van der Waals surface area contributed by atoms with Gasteiger partial charge in [-0.05, 0) is 31.2 Å². The number of aromatic nitrogens is 2. The van der Waals surface area contributed by atoms with E-state index in [1.165, 1.54) is 4.68 Å². The standard InChI is InChI=1S/C15H15N3O2/c1-9(2)14(19)13-10(3)17-18(15(13)20)12-6-4-11(8-16)5-7-12/h4-7,9,17H,1-3H3. The first-order chi connectivity index (χ1) is 9.45. The lowest BCUT2D eigenvalue weighted by atomic mass is 10.0. The first-order valence-corrected chi connectivity index (χ1v) is 6.32. The number of H-pyrrole nitrogens is 1. The summed E-state index contributed by atoms with van der Waals surface area (Å²) in [5, 5.41) is 11.7. The number of ketones is 1. The van der Waals surface area contributed by atoms with Crippen LogP contribution in [0.4, 0.5) is 0 Å². The van der Waals surface area contributed by atoms with Gasteiger partial charge in [0.25, 0.3) is 5.56 Å². The van der Waals surface area contributed by atoms with Gasteiger partial charge in [0.15, 0.2) is 5.78 Å². The fourth-order valence-electron chi connectivity index (χ4n) is 1.99. The van der Waals surface area contributed by atoms with Gasteiger partial charge in [-0.25, -0.2) is 4.68 Å². The van der Waals surface area contributed by atoms with Crippen molar-refractivity contribution < 1.29 is 4.79 Å². The van der Waals surface area contributed by atoms with Crippen molar-refractivity contribution in [2.45, 2.75) is 20.8 Å². The maximum atomic E-state index is 12.3. The number of Topliss-reactive ketones (excluding diaryl/α,β-unsaturated/α-hetero) is 1. The van der Waals surface area contributed by atoms with Gasteiger partial charge in [0.05, 0.1) is 17.3 Å². The molecule has 0 radical (unpaired) electrons. The fourth-order valence-corrected chi connectivity index (χ4v) is 1.99. The molecule has 102 valence electrons. The van der Waals surface area contributed by atoms with E-state index < -0.39 is 0 Å². The molecule has 0 aliphatic heterocycles. The molecule has 5 nitrogen and oxygen atoms in total. The molecule has 0 unspecified atom stereocenters. The molecule has 5 heteroatoms. The maximum absolute atomic E-state index is 12.3. The number of aryl methyl sites for hydroxylation is 1. The van der Waals surface area contributed by atoms with E-state index in [9.17, 15) is 9.59 Å². The summed E-state index contributed by atoms with van der Waals surface area (Å²) in [7, 11) is 0. The number of hydrogen-bond donors (Lipinski definition) is 1. The van der Waals surface area contributed by atoms with E-state index >= 15 is 0 Å². The van der Waals surface area contributed by atoms with Crippen LogP contribution < -0.4 is 5.56 Å². The maximum Gasteiger partial charge on any atom is 0.282 e. The Morgan fingerprint density at radius 3 is 2.40 bits per heavy atom. The van der Waals surface area contributed by atoms with Crippen molar-refractivity contribution in [3.8, 4) is 11.8 Å². The Hall–Kier alpha value is -2.61. The second kappa shape index (κ2) is 5.17. The van der Waals surface area contributed by atoms with E-state index in [2.05, 4.69) is 5.10 Å². The third-order valence-corrected chi connectivity index (χ3v) is 3.10. The Morgan fingerprint density at radius 1 is 1.30 bits per heavy atom. The Balaban J connectivity index is 2.54. The van der Waals surface area contributed by atoms with Crippen molar-refractivity contribution in [1.82, 2.24) is 9.78 Å². The molecule has 0 fully saturated rings. The fraction of sp³-hybridized carbons (Fsp3) is 0.267. The summed E-state index contributed by atoms with van der Waals surface area (Å²) in [5.74, 6) is -0.400. The molecule has 1 N–H and O–H groups in total. The summed E-state index contributed by atoms with van der Waals surface area (Å²) < 4.78 is 1.33. The number of rotatable bonds is 3. The van der Waals surface area contributed by atoms with Crippen molar-refractivity contribution in [2.75, 3.05) is 0 Å². The molecule has 2 rings (SSSR count). The Bertz CT molecular complexity index is 743. The molecule has 0 saturated heterocycles. The molecule has 0 aliphatic rings. The highest BCUT2D eigenvalue weighted by Crippen LogP contribution is 2.12. The van der Waals surface area contributed by atoms with Gasteiger partial charge in [-0.15, -0.1) is 0 Å². The molecule has 0 aliphatic carbocycles.